The molecule has 0 aromatic heterocycles. The van der Waals surface area contributed by atoms with E-state index in [4.69, 9.17) is 24.3 Å². The van der Waals surface area contributed by atoms with Gasteiger partial charge in [0, 0.05) is 37.6 Å². The van der Waals surface area contributed by atoms with Crippen LogP contribution in [0.3, 0.4) is 0 Å². The Balaban J connectivity index is 2.36. The van der Waals surface area contributed by atoms with Gasteiger partial charge in [-0.25, -0.2) is 4.57 Å². The van der Waals surface area contributed by atoms with Gasteiger partial charge < -0.3 is 30.3 Å². The lowest BCUT2D eigenvalue weighted by molar-refractivity contribution is -0.161. The Morgan fingerprint density at radius 3 is 2.02 bits per heavy atom. The van der Waals surface area contributed by atoms with Crippen molar-refractivity contribution in [2.24, 2.45) is 17.6 Å². The van der Waals surface area contributed by atoms with E-state index in [1.54, 1.807) is 12.2 Å². The molecule has 0 radical (unpaired) electrons. The lowest BCUT2D eigenvalue weighted by Gasteiger charge is -2.19. The van der Waals surface area contributed by atoms with Gasteiger partial charge in [0.25, 0.3) is 0 Å². The number of ketones is 1. The molecule has 0 heterocycles. The highest BCUT2D eigenvalue weighted by Gasteiger charge is 2.39. The maximum absolute atomic E-state index is 12.7. The SMILES string of the molecule is CCCCC/C=C\C/C=C\CCCCCCCCCCCC(=O)O[C@H](COC(=O)CCC/C=C\C[C@H]1C(=O)C[C@@H](O)[C@@H]1/C=C/[C@@H](O)CCCCC)COP(=O)(O)OCCN. The van der Waals surface area contributed by atoms with Gasteiger partial charge >= 0.3 is 19.8 Å². The highest BCUT2D eigenvalue weighted by molar-refractivity contribution is 7.47. The van der Waals surface area contributed by atoms with Crippen LogP contribution >= 0.6 is 7.82 Å². The van der Waals surface area contributed by atoms with E-state index in [2.05, 4.69) is 38.2 Å². The molecule has 0 aliphatic heterocycles. The minimum Gasteiger partial charge on any atom is -0.462 e. The third-order valence-electron chi connectivity index (χ3n) is 10.6. The number of rotatable bonds is 39. The molecular formula is C47H82NO11P. The number of nitrogens with two attached hydrogens (primary N) is 1. The number of ether oxygens (including phenoxy) is 2. The number of esters is 2. The summed E-state index contributed by atoms with van der Waals surface area (Å²) >= 11 is 0. The van der Waals surface area contributed by atoms with E-state index in [0.717, 1.165) is 51.4 Å². The van der Waals surface area contributed by atoms with Gasteiger partial charge in [0.15, 0.2) is 6.10 Å². The van der Waals surface area contributed by atoms with Gasteiger partial charge in [-0.05, 0) is 64.2 Å². The predicted octanol–water partition coefficient (Wildman–Crippen LogP) is 10.1. The Hall–Kier alpha value is -2.44. The summed E-state index contributed by atoms with van der Waals surface area (Å²) in [5.41, 5.74) is 5.35. The van der Waals surface area contributed by atoms with Crippen molar-refractivity contribution >= 4 is 25.5 Å². The zero-order valence-corrected chi connectivity index (χ0v) is 38.0. The first-order chi connectivity index (χ1) is 29.0. The Morgan fingerprint density at radius 1 is 0.767 bits per heavy atom. The van der Waals surface area contributed by atoms with Crippen LogP contribution in [0.5, 0.6) is 0 Å². The van der Waals surface area contributed by atoms with E-state index >= 15 is 0 Å². The van der Waals surface area contributed by atoms with E-state index in [0.29, 0.717) is 32.1 Å². The third-order valence-corrected chi connectivity index (χ3v) is 11.5. The molecule has 1 aliphatic carbocycles. The van der Waals surface area contributed by atoms with Crippen LogP contribution in [-0.4, -0.2) is 77.5 Å². The first kappa shape index (κ1) is 55.6. The molecule has 12 nitrogen and oxygen atoms in total. The second-order valence-electron chi connectivity index (χ2n) is 16.0. The van der Waals surface area contributed by atoms with Crippen LogP contribution in [0.4, 0.5) is 0 Å². The zero-order chi connectivity index (χ0) is 44.1. The zero-order valence-electron chi connectivity index (χ0n) is 37.1. The summed E-state index contributed by atoms with van der Waals surface area (Å²) in [4.78, 5) is 47.7. The van der Waals surface area contributed by atoms with Crippen LogP contribution in [0.25, 0.3) is 0 Å². The molecule has 346 valence electrons. The van der Waals surface area contributed by atoms with E-state index in [-0.39, 0.29) is 56.6 Å². The molecule has 1 unspecified atom stereocenters. The average molecular weight is 868 g/mol. The van der Waals surface area contributed by atoms with Crippen molar-refractivity contribution in [3.05, 3.63) is 48.6 Å². The maximum Gasteiger partial charge on any atom is 0.472 e. The van der Waals surface area contributed by atoms with E-state index < -0.39 is 44.7 Å². The first-order valence-corrected chi connectivity index (χ1v) is 24.7. The number of Topliss-reactive ketones (excluding diaryl/α,β-unsaturated/α-hetero) is 1. The van der Waals surface area contributed by atoms with Crippen LogP contribution in [0.2, 0.25) is 0 Å². The van der Waals surface area contributed by atoms with Crippen LogP contribution in [-0.2, 0) is 37.5 Å². The summed E-state index contributed by atoms with van der Waals surface area (Å²) in [7, 11) is -4.45. The molecule has 1 fully saturated rings. The largest absolute Gasteiger partial charge is 0.472 e. The van der Waals surface area contributed by atoms with Gasteiger partial charge in [0.2, 0.25) is 0 Å². The second kappa shape index (κ2) is 37.1. The highest BCUT2D eigenvalue weighted by atomic mass is 31.2. The van der Waals surface area contributed by atoms with Crippen molar-refractivity contribution in [2.75, 3.05) is 26.4 Å². The molecule has 1 saturated carbocycles. The number of hydrogen-bond acceptors (Lipinski definition) is 11. The predicted molar refractivity (Wildman–Crippen MR) is 239 cm³/mol. The van der Waals surface area contributed by atoms with Crippen molar-refractivity contribution in [1.29, 1.82) is 0 Å². The van der Waals surface area contributed by atoms with Gasteiger partial charge in [-0.3, -0.25) is 23.4 Å². The monoisotopic (exact) mass is 868 g/mol. The summed E-state index contributed by atoms with van der Waals surface area (Å²) in [5.74, 6) is -1.75. The number of aliphatic hydroxyl groups excluding tert-OH is 2. The molecule has 13 heteroatoms. The average Bonchev–Trinajstić information content (AvgIpc) is 3.49. The number of carbonyl (C=O) groups is 3. The second-order valence-corrected chi connectivity index (χ2v) is 17.5. The molecule has 6 atom stereocenters. The number of hydrogen-bond donors (Lipinski definition) is 4. The molecule has 0 amide bonds. The summed E-state index contributed by atoms with van der Waals surface area (Å²) in [6.45, 7) is 3.29. The smallest absolute Gasteiger partial charge is 0.462 e. The standard InChI is InChI=1S/C47H82NO11P/c1-3-5-7-8-9-10-11-12-13-14-15-16-17-18-19-20-21-22-28-32-47(53)59-41(39-58-60(54,55)57-36-35-48)38-56-46(52)31-27-24-23-26-30-42-43(45(51)37-44(42)50)34-33-40(49)29-25-6-4-2/h9-10,12-13,23,26,33-34,40-43,45,49,51H,3-8,11,14-22,24-25,27-32,35-39,48H2,1-2H3,(H,54,55)/b10-9-,13-12-,26-23-,34-33+/t40-,41+,42+,43+,45+/m0/s1. The van der Waals surface area contributed by atoms with Gasteiger partial charge in [-0.2, -0.15) is 0 Å². The Morgan fingerprint density at radius 2 is 1.35 bits per heavy atom. The van der Waals surface area contributed by atoms with Crippen molar-refractivity contribution in [3.8, 4) is 0 Å². The van der Waals surface area contributed by atoms with Gasteiger partial charge in [0.05, 0.1) is 25.4 Å². The fourth-order valence-corrected chi connectivity index (χ4v) is 7.76. The molecule has 0 spiro atoms. The molecule has 0 bridgehead atoms. The highest BCUT2D eigenvalue weighted by Crippen LogP contribution is 2.43. The fraction of sp³-hybridized carbons (Fsp3) is 0.766. The number of unbranched alkanes of at least 4 members (excludes halogenated alkanes) is 15. The molecule has 0 aromatic carbocycles. The van der Waals surface area contributed by atoms with Gasteiger partial charge in [0.1, 0.15) is 12.4 Å². The number of phosphoric ester groups is 1. The quantitative estimate of drug-likeness (QED) is 0.0198. The first-order valence-electron chi connectivity index (χ1n) is 23.2. The van der Waals surface area contributed by atoms with Crippen molar-refractivity contribution in [2.45, 2.75) is 193 Å². The number of carbonyl (C=O) groups excluding carboxylic acids is 3. The molecular weight excluding hydrogens is 785 g/mol. The Bertz CT molecular complexity index is 1290. The summed E-state index contributed by atoms with van der Waals surface area (Å²) < 4.78 is 32.8. The Labute approximate surface area is 362 Å². The van der Waals surface area contributed by atoms with Crippen molar-refractivity contribution in [1.82, 2.24) is 0 Å². The fourth-order valence-electron chi connectivity index (χ4n) is 7.00. The molecule has 0 saturated heterocycles. The van der Waals surface area contributed by atoms with Crippen LogP contribution in [0.15, 0.2) is 48.6 Å². The van der Waals surface area contributed by atoms with Crippen LogP contribution in [0.1, 0.15) is 174 Å². The minimum absolute atomic E-state index is 0.00336. The van der Waals surface area contributed by atoms with E-state index in [1.165, 1.54) is 57.8 Å². The van der Waals surface area contributed by atoms with E-state index in [9.17, 15) is 34.1 Å². The van der Waals surface area contributed by atoms with Crippen molar-refractivity contribution in [3.63, 3.8) is 0 Å². The molecule has 5 N–H and O–H groups in total. The maximum atomic E-state index is 12.7. The lowest BCUT2D eigenvalue weighted by atomic mass is 9.90. The normalized spacial score (nSPS) is 19.2. The summed E-state index contributed by atoms with van der Waals surface area (Å²) in [6, 6.07) is 0. The lowest BCUT2D eigenvalue weighted by Crippen LogP contribution is -2.29. The number of phosphoric acid groups is 1. The number of allylic oxidation sites excluding steroid dienone is 6. The topological polar surface area (TPSA) is 192 Å². The minimum atomic E-state index is -4.45. The Kier molecular flexibility index (Phi) is 34.4. The molecule has 1 aliphatic rings. The number of aliphatic hydroxyl groups is 2. The van der Waals surface area contributed by atoms with Crippen LogP contribution in [0, 0.1) is 11.8 Å². The van der Waals surface area contributed by atoms with Crippen molar-refractivity contribution < 1.29 is 52.6 Å². The summed E-state index contributed by atoms with van der Waals surface area (Å²) in [6.07, 6.45) is 36.4. The summed E-state index contributed by atoms with van der Waals surface area (Å²) in [5, 5.41) is 20.7. The van der Waals surface area contributed by atoms with Crippen LogP contribution < -0.4 is 5.73 Å². The molecule has 60 heavy (non-hydrogen) atoms. The third kappa shape index (κ3) is 30.6. The van der Waals surface area contributed by atoms with Gasteiger partial charge in [-0.1, -0.05) is 140 Å². The molecule has 0 aromatic rings. The van der Waals surface area contributed by atoms with E-state index in [1.807, 2.05) is 12.2 Å². The molecule has 1 rings (SSSR count). The van der Waals surface area contributed by atoms with Gasteiger partial charge in [-0.15, -0.1) is 0 Å².